The van der Waals surface area contributed by atoms with E-state index in [0.717, 1.165) is 0 Å². The van der Waals surface area contributed by atoms with Crippen LogP contribution in [0.1, 0.15) is 19.8 Å². The predicted molar refractivity (Wildman–Crippen MR) is 48.8 cm³/mol. The van der Waals surface area contributed by atoms with Crippen molar-refractivity contribution in [2.45, 2.75) is 37.8 Å². The minimum absolute atomic E-state index is 0.129. The molecule has 1 aliphatic rings. The summed E-state index contributed by atoms with van der Waals surface area (Å²) in [6.07, 6.45) is -0.259. The van der Waals surface area contributed by atoms with Crippen LogP contribution in [0.4, 0.5) is 8.78 Å². The van der Waals surface area contributed by atoms with Crippen LogP contribution in [-0.4, -0.2) is 36.0 Å². The second kappa shape index (κ2) is 4.20. The average molecular weight is 203 g/mol. The van der Waals surface area contributed by atoms with Crippen LogP contribution in [0.3, 0.4) is 0 Å². The molecule has 80 valence electrons. The smallest absolute Gasteiger partial charge is 0.250 e. The van der Waals surface area contributed by atoms with Crippen molar-refractivity contribution in [3.63, 3.8) is 0 Å². The van der Waals surface area contributed by atoms with Crippen LogP contribution in [0, 0.1) is 11.3 Å². The number of alkyl halides is 2. The first-order chi connectivity index (χ1) is 6.46. The topological polar surface area (TPSA) is 53.1 Å². The van der Waals surface area contributed by atoms with Gasteiger partial charge in [0.2, 0.25) is 0 Å². The Morgan fingerprint density at radius 1 is 1.43 bits per heavy atom. The molecule has 2 atom stereocenters. The van der Waals surface area contributed by atoms with Crippen LogP contribution in [0.5, 0.6) is 0 Å². The summed E-state index contributed by atoms with van der Waals surface area (Å²) in [6, 6.07) is 1.19. The minimum atomic E-state index is -2.53. The number of nitrogens with zero attached hydrogens (tertiary/aromatic N) is 2. The first kappa shape index (κ1) is 11.3. The van der Waals surface area contributed by atoms with Gasteiger partial charge in [0.1, 0.15) is 6.04 Å². The van der Waals surface area contributed by atoms with E-state index in [9.17, 15) is 8.78 Å². The molecule has 1 aliphatic heterocycles. The lowest BCUT2D eigenvalue weighted by Gasteiger charge is -2.36. The molecule has 0 bridgehead atoms. The quantitative estimate of drug-likeness (QED) is 0.727. The van der Waals surface area contributed by atoms with Crippen LogP contribution in [0.2, 0.25) is 0 Å². The van der Waals surface area contributed by atoms with Gasteiger partial charge in [0.15, 0.2) is 0 Å². The summed E-state index contributed by atoms with van der Waals surface area (Å²) in [7, 11) is 0. The highest BCUT2D eigenvalue weighted by atomic mass is 19.3. The Labute approximate surface area is 82.5 Å². The van der Waals surface area contributed by atoms with E-state index in [0.29, 0.717) is 13.1 Å². The van der Waals surface area contributed by atoms with Gasteiger partial charge < -0.3 is 5.73 Å². The normalized spacial score (nSPS) is 26.5. The van der Waals surface area contributed by atoms with Gasteiger partial charge in [0.05, 0.1) is 6.07 Å². The Hall–Kier alpha value is -0.730. The number of hydrogen-bond acceptors (Lipinski definition) is 3. The summed E-state index contributed by atoms with van der Waals surface area (Å²) < 4.78 is 25.6. The number of nitriles is 1. The number of nitrogens with two attached hydrogens (primary N) is 1. The number of hydrogen-bond donors (Lipinski definition) is 1. The molecular formula is C9H15F2N3. The van der Waals surface area contributed by atoms with E-state index >= 15 is 0 Å². The summed E-state index contributed by atoms with van der Waals surface area (Å²) in [5.74, 6) is -2.53. The van der Waals surface area contributed by atoms with Gasteiger partial charge in [0, 0.05) is 32.0 Å². The highest BCUT2D eigenvalue weighted by Gasteiger charge is 2.36. The molecule has 14 heavy (non-hydrogen) atoms. The second-order valence-electron chi connectivity index (χ2n) is 3.79. The highest BCUT2D eigenvalue weighted by molar-refractivity contribution is 4.96. The molecule has 0 radical (unpaired) electrons. The van der Waals surface area contributed by atoms with E-state index in [2.05, 4.69) is 0 Å². The average Bonchev–Trinajstić information content (AvgIpc) is 2.15. The monoisotopic (exact) mass is 203 g/mol. The van der Waals surface area contributed by atoms with Crippen molar-refractivity contribution in [3.05, 3.63) is 0 Å². The number of piperidine rings is 1. The summed E-state index contributed by atoms with van der Waals surface area (Å²) in [6.45, 7) is 2.45. The van der Waals surface area contributed by atoms with Crippen molar-refractivity contribution in [3.8, 4) is 6.07 Å². The number of likely N-dealkylation sites (tertiary alicyclic amines) is 1. The molecule has 3 nitrogen and oxygen atoms in total. The highest BCUT2D eigenvalue weighted by Crippen LogP contribution is 2.28. The van der Waals surface area contributed by atoms with Gasteiger partial charge in [-0.15, -0.1) is 0 Å². The Kier molecular flexibility index (Phi) is 3.40. The maximum Gasteiger partial charge on any atom is 0.250 e. The molecule has 0 spiro atoms. The molecule has 5 heteroatoms. The molecule has 0 saturated carbocycles. The summed E-state index contributed by atoms with van der Waals surface area (Å²) in [5, 5.41) is 8.59. The van der Waals surface area contributed by atoms with Crippen LogP contribution in [0.15, 0.2) is 0 Å². The van der Waals surface area contributed by atoms with E-state index in [1.807, 2.05) is 11.0 Å². The van der Waals surface area contributed by atoms with Crippen molar-refractivity contribution in [1.82, 2.24) is 4.90 Å². The van der Waals surface area contributed by atoms with Gasteiger partial charge >= 0.3 is 0 Å². The van der Waals surface area contributed by atoms with Gasteiger partial charge in [-0.05, 0) is 6.92 Å². The van der Waals surface area contributed by atoms with Crippen molar-refractivity contribution < 1.29 is 8.78 Å². The lowest BCUT2D eigenvalue weighted by atomic mass is 10.0. The van der Waals surface area contributed by atoms with E-state index < -0.39 is 12.0 Å². The largest absolute Gasteiger partial charge is 0.315 e. The molecule has 2 N–H and O–H groups in total. The van der Waals surface area contributed by atoms with Crippen molar-refractivity contribution in [2.24, 2.45) is 5.73 Å². The van der Waals surface area contributed by atoms with E-state index in [4.69, 9.17) is 11.0 Å². The van der Waals surface area contributed by atoms with Gasteiger partial charge in [-0.1, -0.05) is 0 Å². The first-order valence-electron chi connectivity index (χ1n) is 4.73. The maximum absolute atomic E-state index is 12.8. The summed E-state index contributed by atoms with van der Waals surface area (Å²) >= 11 is 0. The van der Waals surface area contributed by atoms with E-state index in [-0.39, 0.29) is 18.9 Å². The third kappa shape index (κ3) is 2.63. The minimum Gasteiger partial charge on any atom is -0.315 e. The maximum atomic E-state index is 12.8. The van der Waals surface area contributed by atoms with E-state index in [1.165, 1.54) is 0 Å². The molecule has 0 aromatic carbocycles. The number of halogens is 2. The fourth-order valence-corrected chi connectivity index (χ4v) is 1.59. The summed E-state index contributed by atoms with van der Waals surface area (Å²) in [5.41, 5.74) is 5.52. The summed E-state index contributed by atoms with van der Waals surface area (Å²) in [4.78, 5) is 1.85. The second-order valence-corrected chi connectivity index (χ2v) is 3.79. The molecule has 1 heterocycles. The fraction of sp³-hybridized carbons (Fsp3) is 0.889. The third-order valence-electron chi connectivity index (χ3n) is 2.77. The molecule has 1 fully saturated rings. The molecule has 0 aliphatic carbocycles. The fourth-order valence-electron chi connectivity index (χ4n) is 1.59. The molecule has 0 amide bonds. The van der Waals surface area contributed by atoms with Gasteiger partial charge in [-0.25, -0.2) is 8.78 Å². The van der Waals surface area contributed by atoms with Crippen molar-refractivity contribution >= 4 is 0 Å². The van der Waals surface area contributed by atoms with Crippen molar-refractivity contribution in [2.75, 3.05) is 13.1 Å². The van der Waals surface area contributed by atoms with Crippen molar-refractivity contribution in [1.29, 1.82) is 5.26 Å². The number of rotatable bonds is 2. The van der Waals surface area contributed by atoms with Gasteiger partial charge in [-0.3, -0.25) is 4.90 Å². The SMILES string of the molecule is CC(C(N)C#N)N1CCC(F)(F)CC1. The van der Waals surface area contributed by atoms with Gasteiger partial charge in [-0.2, -0.15) is 5.26 Å². The lowest BCUT2D eigenvalue weighted by molar-refractivity contribution is -0.0622. The Morgan fingerprint density at radius 2 is 1.93 bits per heavy atom. The zero-order valence-electron chi connectivity index (χ0n) is 8.21. The molecular weight excluding hydrogens is 188 g/mol. The molecule has 2 unspecified atom stereocenters. The third-order valence-corrected chi connectivity index (χ3v) is 2.77. The molecule has 0 aromatic heterocycles. The Morgan fingerprint density at radius 3 is 2.36 bits per heavy atom. The zero-order chi connectivity index (χ0) is 10.8. The van der Waals surface area contributed by atoms with Crippen LogP contribution >= 0.6 is 0 Å². The van der Waals surface area contributed by atoms with Gasteiger partial charge in [0.25, 0.3) is 5.92 Å². The lowest BCUT2D eigenvalue weighted by Crippen LogP contribution is -2.50. The van der Waals surface area contributed by atoms with E-state index in [1.54, 1.807) is 6.92 Å². The molecule has 1 saturated heterocycles. The Balaban J connectivity index is 2.46. The van der Waals surface area contributed by atoms with Crippen LogP contribution in [-0.2, 0) is 0 Å². The van der Waals surface area contributed by atoms with Crippen LogP contribution < -0.4 is 5.73 Å². The molecule has 0 aromatic rings. The zero-order valence-corrected chi connectivity index (χ0v) is 8.21. The standard InChI is InChI=1S/C9H15F2N3/c1-7(8(13)6-12)14-4-2-9(10,11)3-5-14/h7-8H,2-5,13H2,1H3. The Bertz CT molecular complexity index is 227. The first-order valence-corrected chi connectivity index (χ1v) is 4.73. The molecule has 1 rings (SSSR count). The van der Waals surface area contributed by atoms with Crippen LogP contribution in [0.25, 0.3) is 0 Å². The predicted octanol–water partition coefficient (Wildman–Crippen LogP) is 0.957.